The van der Waals surface area contributed by atoms with E-state index in [4.69, 9.17) is 0 Å². The molecule has 1 aromatic carbocycles. The van der Waals surface area contributed by atoms with Crippen molar-refractivity contribution in [1.29, 1.82) is 0 Å². The highest BCUT2D eigenvalue weighted by Crippen LogP contribution is 2.31. The molecule has 2 heterocycles. The van der Waals surface area contributed by atoms with Gasteiger partial charge in [0.2, 0.25) is 5.91 Å². The summed E-state index contributed by atoms with van der Waals surface area (Å²) >= 11 is 0. The quantitative estimate of drug-likeness (QED) is 0.905. The Kier molecular flexibility index (Phi) is 4.82. The Morgan fingerprint density at radius 2 is 2.18 bits per heavy atom. The van der Waals surface area contributed by atoms with E-state index in [2.05, 4.69) is 37.4 Å². The number of amides is 1. The third-order valence-corrected chi connectivity index (χ3v) is 5.28. The molecule has 3 rings (SSSR count). The lowest BCUT2D eigenvalue weighted by atomic mass is 10.0. The van der Waals surface area contributed by atoms with Crippen LogP contribution in [0.15, 0.2) is 18.2 Å². The van der Waals surface area contributed by atoms with E-state index in [0.29, 0.717) is 11.9 Å². The van der Waals surface area contributed by atoms with E-state index in [1.165, 1.54) is 24.0 Å². The predicted octanol–water partition coefficient (Wildman–Crippen LogP) is 3.31. The molecule has 3 heteroatoms. The molecule has 1 N–H and O–H groups in total. The third kappa shape index (κ3) is 3.05. The van der Waals surface area contributed by atoms with Crippen LogP contribution in [-0.2, 0) is 17.6 Å². The fourth-order valence-corrected chi connectivity index (χ4v) is 3.88. The monoisotopic (exact) mass is 300 g/mol. The normalized spacial score (nSPS) is 20.7. The Labute approximate surface area is 134 Å². The zero-order valence-corrected chi connectivity index (χ0v) is 13.9. The van der Waals surface area contributed by atoms with E-state index >= 15 is 0 Å². The van der Waals surface area contributed by atoms with Gasteiger partial charge in [0.1, 0.15) is 0 Å². The van der Waals surface area contributed by atoms with Crippen LogP contribution in [0.2, 0.25) is 0 Å². The van der Waals surface area contributed by atoms with E-state index in [9.17, 15) is 4.79 Å². The molecule has 2 aliphatic heterocycles. The highest BCUT2D eigenvalue weighted by Gasteiger charge is 2.28. The molecule has 3 nitrogen and oxygen atoms in total. The minimum atomic E-state index is 0.174. The number of hydrogen-bond acceptors (Lipinski definition) is 2. The summed E-state index contributed by atoms with van der Waals surface area (Å²) in [7, 11) is 0. The predicted molar refractivity (Wildman–Crippen MR) is 91.3 cm³/mol. The SMILES string of the molecule is CCC(CC)C(=O)N1CCc2cc(CC3CCCN3)ccc21. The van der Waals surface area contributed by atoms with Gasteiger partial charge in [-0.1, -0.05) is 26.0 Å². The van der Waals surface area contributed by atoms with Crippen molar-refractivity contribution in [3.8, 4) is 0 Å². The molecule has 1 aromatic rings. The van der Waals surface area contributed by atoms with Gasteiger partial charge in [0, 0.05) is 24.2 Å². The highest BCUT2D eigenvalue weighted by molar-refractivity contribution is 5.97. The molecule has 1 atom stereocenters. The second-order valence-corrected chi connectivity index (χ2v) is 6.71. The van der Waals surface area contributed by atoms with Gasteiger partial charge in [-0.2, -0.15) is 0 Å². The number of nitrogens with one attached hydrogen (secondary N) is 1. The molecule has 120 valence electrons. The van der Waals surface area contributed by atoms with Crippen LogP contribution in [0.1, 0.15) is 50.7 Å². The van der Waals surface area contributed by atoms with Gasteiger partial charge in [0.25, 0.3) is 0 Å². The number of nitrogens with zero attached hydrogens (tertiary/aromatic N) is 1. The third-order valence-electron chi connectivity index (χ3n) is 5.28. The zero-order chi connectivity index (χ0) is 15.5. The smallest absolute Gasteiger partial charge is 0.230 e. The molecule has 1 saturated heterocycles. The number of carbonyl (C=O) groups excluding carboxylic acids is 1. The summed E-state index contributed by atoms with van der Waals surface area (Å²) in [5.41, 5.74) is 3.92. The standard InChI is InChI=1S/C19H28N2O/c1-3-15(4-2)19(22)21-11-9-16-12-14(7-8-18(16)21)13-17-6-5-10-20-17/h7-8,12,15,17,20H,3-6,9-11,13H2,1-2H3. The lowest BCUT2D eigenvalue weighted by Gasteiger charge is -2.22. The molecule has 22 heavy (non-hydrogen) atoms. The first kappa shape index (κ1) is 15.5. The van der Waals surface area contributed by atoms with E-state index in [1.54, 1.807) is 0 Å². The van der Waals surface area contributed by atoms with Crippen LogP contribution >= 0.6 is 0 Å². The lowest BCUT2D eigenvalue weighted by molar-refractivity contribution is -0.122. The van der Waals surface area contributed by atoms with Crippen molar-refractivity contribution in [1.82, 2.24) is 5.32 Å². The number of rotatable bonds is 5. The maximum Gasteiger partial charge on any atom is 0.230 e. The summed E-state index contributed by atoms with van der Waals surface area (Å²) in [6, 6.07) is 7.36. The second-order valence-electron chi connectivity index (χ2n) is 6.71. The minimum absolute atomic E-state index is 0.174. The van der Waals surface area contributed by atoms with Crippen LogP contribution in [0.25, 0.3) is 0 Å². The van der Waals surface area contributed by atoms with E-state index < -0.39 is 0 Å². The first-order valence-electron chi connectivity index (χ1n) is 8.89. The Morgan fingerprint density at radius 1 is 1.36 bits per heavy atom. The van der Waals surface area contributed by atoms with Crippen molar-refractivity contribution in [3.63, 3.8) is 0 Å². The average molecular weight is 300 g/mol. The van der Waals surface area contributed by atoms with Crippen LogP contribution in [0.4, 0.5) is 5.69 Å². The first-order valence-corrected chi connectivity index (χ1v) is 8.89. The van der Waals surface area contributed by atoms with Crippen LogP contribution in [0, 0.1) is 5.92 Å². The molecule has 1 unspecified atom stereocenters. The van der Waals surface area contributed by atoms with Gasteiger partial charge in [0.15, 0.2) is 0 Å². The Morgan fingerprint density at radius 3 is 2.86 bits per heavy atom. The molecular formula is C19H28N2O. The minimum Gasteiger partial charge on any atom is -0.314 e. The van der Waals surface area contributed by atoms with Gasteiger partial charge in [-0.25, -0.2) is 0 Å². The van der Waals surface area contributed by atoms with Crippen molar-refractivity contribution in [2.24, 2.45) is 5.92 Å². The van der Waals surface area contributed by atoms with Crippen molar-refractivity contribution in [2.45, 2.75) is 58.4 Å². The zero-order valence-electron chi connectivity index (χ0n) is 13.9. The van der Waals surface area contributed by atoms with Gasteiger partial charge in [-0.3, -0.25) is 4.79 Å². The lowest BCUT2D eigenvalue weighted by Crippen LogP contribution is -2.34. The first-order chi connectivity index (χ1) is 10.7. The van der Waals surface area contributed by atoms with Crippen LogP contribution in [-0.4, -0.2) is 25.0 Å². The van der Waals surface area contributed by atoms with E-state index in [-0.39, 0.29) is 5.92 Å². The Balaban J connectivity index is 1.73. The topological polar surface area (TPSA) is 32.3 Å². The maximum absolute atomic E-state index is 12.6. The van der Waals surface area contributed by atoms with Crippen LogP contribution < -0.4 is 10.2 Å². The largest absolute Gasteiger partial charge is 0.314 e. The Hall–Kier alpha value is -1.35. The van der Waals surface area contributed by atoms with Crippen molar-refractivity contribution >= 4 is 11.6 Å². The van der Waals surface area contributed by atoms with Crippen LogP contribution in [0.5, 0.6) is 0 Å². The van der Waals surface area contributed by atoms with Crippen LogP contribution in [0.3, 0.4) is 0 Å². The molecule has 0 spiro atoms. The Bertz CT molecular complexity index is 530. The summed E-state index contributed by atoms with van der Waals surface area (Å²) in [6.07, 6.45) is 6.59. The number of carbonyl (C=O) groups is 1. The van der Waals surface area contributed by atoms with Gasteiger partial charge >= 0.3 is 0 Å². The summed E-state index contributed by atoms with van der Waals surface area (Å²) in [6.45, 7) is 6.24. The molecule has 0 aromatic heterocycles. The molecule has 2 aliphatic rings. The fraction of sp³-hybridized carbons (Fsp3) is 0.632. The highest BCUT2D eigenvalue weighted by atomic mass is 16.2. The molecule has 0 bridgehead atoms. The molecular weight excluding hydrogens is 272 g/mol. The van der Waals surface area contributed by atoms with Gasteiger partial charge in [-0.15, -0.1) is 0 Å². The van der Waals surface area contributed by atoms with E-state index in [0.717, 1.165) is 44.5 Å². The average Bonchev–Trinajstić information content (AvgIpc) is 3.17. The van der Waals surface area contributed by atoms with Crippen molar-refractivity contribution < 1.29 is 4.79 Å². The number of fused-ring (bicyclic) bond motifs is 1. The molecule has 1 amide bonds. The molecule has 1 fully saturated rings. The molecule has 0 saturated carbocycles. The second kappa shape index (κ2) is 6.82. The van der Waals surface area contributed by atoms with Crippen molar-refractivity contribution in [2.75, 3.05) is 18.0 Å². The summed E-state index contributed by atoms with van der Waals surface area (Å²) in [5.74, 6) is 0.488. The molecule has 0 radical (unpaired) electrons. The number of anilines is 1. The number of hydrogen-bond donors (Lipinski definition) is 1. The van der Waals surface area contributed by atoms with Gasteiger partial charge in [0.05, 0.1) is 0 Å². The summed E-state index contributed by atoms with van der Waals surface area (Å²) < 4.78 is 0. The van der Waals surface area contributed by atoms with Crippen molar-refractivity contribution in [3.05, 3.63) is 29.3 Å². The summed E-state index contributed by atoms with van der Waals surface area (Å²) in [5, 5.41) is 3.57. The maximum atomic E-state index is 12.6. The fourth-order valence-electron chi connectivity index (χ4n) is 3.88. The summed E-state index contributed by atoms with van der Waals surface area (Å²) in [4.78, 5) is 14.7. The molecule has 0 aliphatic carbocycles. The van der Waals surface area contributed by atoms with Gasteiger partial charge in [-0.05, 0) is 62.3 Å². The number of benzene rings is 1. The van der Waals surface area contributed by atoms with Gasteiger partial charge < -0.3 is 10.2 Å². The van der Waals surface area contributed by atoms with E-state index in [1.807, 2.05) is 4.90 Å².